The van der Waals surface area contributed by atoms with Gasteiger partial charge in [-0.2, -0.15) is 0 Å². The van der Waals surface area contributed by atoms with Crippen molar-refractivity contribution < 1.29 is 4.79 Å². The van der Waals surface area contributed by atoms with Gasteiger partial charge < -0.3 is 9.80 Å². The van der Waals surface area contributed by atoms with Gasteiger partial charge >= 0.3 is 0 Å². The number of likely N-dealkylation sites (N-methyl/N-ethyl adjacent to an activating group) is 1. The number of hydrogen-bond donors (Lipinski definition) is 0. The summed E-state index contributed by atoms with van der Waals surface area (Å²) < 4.78 is 0. The maximum absolute atomic E-state index is 12.3. The highest BCUT2D eigenvalue weighted by Gasteiger charge is 2.43. The molecule has 2 aliphatic heterocycles. The van der Waals surface area contributed by atoms with Crippen molar-refractivity contribution in [2.24, 2.45) is 0 Å². The molecule has 2 aliphatic rings. The monoisotopic (exact) mass is 258 g/mol. The largest absolute Gasteiger partial charge is 0.308 e. The van der Waals surface area contributed by atoms with Crippen LogP contribution in [0.5, 0.6) is 0 Å². The van der Waals surface area contributed by atoms with Crippen LogP contribution in [0.25, 0.3) is 0 Å². The van der Waals surface area contributed by atoms with E-state index in [0.717, 1.165) is 25.2 Å². The summed E-state index contributed by atoms with van der Waals surface area (Å²) in [6.07, 6.45) is 1.67. The van der Waals surface area contributed by atoms with Crippen LogP contribution >= 0.6 is 0 Å². The molecule has 2 heterocycles. The highest BCUT2D eigenvalue weighted by molar-refractivity contribution is 5.96. The summed E-state index contributed by atoms with van der Waals surface area (Å²) in [5.74, 6) is 0.756. The van der Waals surface area contributed by atoms with E-state index in [1.54, 1.807) is 0 Å². The molecule has 0 spiro atoms. The SMILES string of the molecule is CCC(=O)N1c2ccc(C)cc2C2CN(C)CCC21. The third kappa shape index (κ3) is 1.96. The molecule has 1 fully saturated rings. The molecule has 2 unspecified atom stereocenters. The number of hydrogen-bond acceptors (Lipinski definition) is 2. The molecule has 0 bridgehead atoms. The van der Waals surface area contributed by atoms with Gasteiger partial charge in [0.15, 0.2) is 0 Å². The lowest BCUT2D eigenvalue weighted by atomic mass is 9.89. The van der Waals surface area contributed by atoms with Crippen LogP contribution in [-0.4, -0.2) is 37.0 Å². The van der Waals surface area contributed by atoms with Gasteiger partial charge in [-0.3, -0.25) is 4.79 Å². The van der Waals surface area contributed by atoms with Crippen LogP contribution in [0.15, 0.2) is 18.2 Å². The number of piperidine rings is 1. The quantitative estimate of drug-likeness (QED) is 0.773. The second-order valence-electron chi connectivity index (χ2n) is 5.90. The molecule has 3 nitrogen and oxygen atoms in total. The average Bonchev–Trinajstić information content (AvgIpc) is 2.71. The Morgan fingerprint density at radius 3 is 2.95 bits per heavy atom. The Morgan fingerprint density at radius 1 is 1.42 bits per heavy atom. The zero-order valence-electron chi connectivity index (χ0n) is 12.0. The van der Waals surface area contributed by atoms with Gasteiger partial charge in [0.05, 0.1) is 0 Å². The van der Waals surface area contributed by atoms with Crippen molar-refractivity contribution >= 4 is 11.6 Å². The minimum absolute atomic E-state index is 0.266. The Labute approximate surface area is 115 Å². The molecule has 0 aliphatic carbocycles. The second kappa shape index (κ2) is 4.64. The van der Waals surface area contributed by atoms with Crippen LogP contribution in [0, 0.1) is 6.92 Å². The molecular formula is C16H22N2O. The maximum atomic E-state index is 12.3. The number of nitrogens with zero attached hydrogens (tertiary/aromatic N) is 2. The van der Waals surface area contributed by atoms with E-state index in [9.17, 15) is 4.79 Å². The van der Waals surface area contributed by atoms with Gasteiger partial charge in [-0.15, -0.1) is 0 Å². The predicted octanol–water partition coefficient (Wildman–Crippen LogP) is 2.54. The molecule has 0 aromatic heterocycles. The highest BCUT2D eigenvalue weighted by Crippen LogP contribution is 2.45. The molecular weight excluding hydrogens is 236 g/mol. The number of fused-ring (bicyclic) bond motifs is 3. The van der Waals surface area contributed by atoms with Crippen molar-refractivity contribution in [2.75, 3.05) is 25.0 Å². The summed E-state index contributed by atoms with van der Waals surface area (Å²) in [4.78, 5) is 16.8. The van der Waals surface area contributed by atoms with E-state index in [1.165, 1.54) is 11.1 Å². The molecule has 1 aromatic rings. The molecule has 3 rings (SSSR count). The van der Waals surface area contributed by atoms with E-state index >= 15 is 0 Å². The van der Waals surface area contributed by atoms with Gasteiger partial charge in [0.25, 0.3) is 0 Å². The molecule has 1 aromatic carbocycles. The number of carbonyl (C=O) groups excluding carboxylic acids is 1. The van der Waals surface area contributed by atoms with Crippen molar-refractivity contribution in [2.45, 2.75) is 38.6 Å². The molecule has 19 heavy (non-hydrogen) atoms. The average molecular weight is 258 g/mol. The van der Waals surface area contributed by atoms with Crippen LogP contribution < -0.4 is 4.90 Å². The normalized spacial score (nSPS) is 26.2. The first-order chi connectivity index (χ1) is 9.11. The van der Waals surface area contributed by atoms with E-state index in [0.29, 0.717) is 18.4 Å². The standard InChI is InChI=1S/C16H22N2O/c1-4-16(19)18-14-6-5-11(2)9-12(14)13-10-17(3)8-7-15(13)18/h5-6,9,13,15H,4,7-8,10H2,1-3H3. The Balaban J connectivity index is 2.06. The first kappa shape index (κ1) is 12.7. The number of benzene rings is 1. The van der Waals surface area contributed by atoms with Gasteiger partial charge in [-0.25, -0.2) is 0 Å². The van der Waals surface area contributed by atoms with Crippen molar-refractivity contribution in [1.82, 2.24) is 4.90 Å². The van der Waals surface area contributed by atoms with Crippen molar-refractivity contribution in [3.8, 4) is 0 Å². The number of rotatable bonds is 1. The molecule has 0 radical (unpaired) electrons. The van der Waals surface area contributed by atoms with Crippen LogP contribution in [0.3, 0.4) is 0 Å². The smallest absolute Gasteiger partial charge is 0.226 e. The summed E-state index contributed by atoms with van der Waals surface area (Å²) in [6, 6.07) is 6.90. The molecule has 2 atom stereocenters. The van der Waals surface area contributed by atoms with Crippen LogP contribution in [0.1, 0.15) is 36.8 Å². The fraction of sp³-hybridized carbons (Fsp3) is 0.562. The first-order valence-corrected chi connectivity index (χ1v) is 7.23. The molecule has 1 saturated heterocycles. The first-order valence-electron chi connectivity index (χ1n) is 7.23. The van der Waals surface area contributed by atoms with Gasteiger partial charge in [0.2, 0.25) is 5.91 Å². The molecule has 102 valence electrons. The van der Waals surface area contributed by atoms with Crippen LogP contribution in [0.4, 0.5) is 5.69 Å². The lowest BCUT2D eigenvalue weighted by Gasteiger charge is -2.36. The van der Waals surface area contributed by atoms with Gasteiger partial charge in [0, 0.05) is 30.6 Å². The number of carbonyl (C=O) groups is 1. The summed E-state index contributed by atoms with van der Waals surface area (Å²) in [6.45, 7) is 6.24. The van der Waals surface area contributed by atoms with E-state index < -0.39 is 0 Å². The molecule has 3 heteroatoms. The van der Waals surface area contributed by atoms with E-state index in [-0.39, 0.29) is 5.91 Å². The topological polar surface area (TPSA) is 23.6 Å². The van der Waals surface area contributed by atoms with E-state index in [1.807, 2.05) is 6.92 Å². The lowest BCUT2D eigenvalue weighted by Crippen LogP contribution is -2.46. The van der Waals surface area contributed by atoms with Crippen molar-refractivity contribution in [1.29, 1.82) is 0 Å². The number of anilines is 1. The van der Waals surface area contributed by atoms with Crippen LogP contribution in [-0.2, 0) is 4.79 Å². The zero-order chi connectivity index (χ0) is 13.6. The third-order valence-corrected chi connectivity index (χ3v) is 4.52. The summed E-state index contributed by atoms with van der Waals surface area (Å²) in [7, 11) is 2.18. The fourth-order valence-electron chi connectivity index (χ4n) is 3.58. The van der Waals surface area contributed by atoms with Gasteiger partial charge in [-0.05, 0) is 38.6 Å². The summed E-state index contributed by atoms with van der Waals surface area (Å²) in [5, 5.41) is 0. The summed E-state index contributed by atoms with van der Waals surface area (Å²) >= 11 is 0. The van der Waals surface area contributed by atoms with Gasteiger partial charge in [-0.1, -0.05) is 24.6 Å². The molecule has 0 saturated carbocycles. The Bertz CT molecular complexity index is 511. The van der Waals surface area contributed by atoms with Crippen molar-refractivity contribution in [3.05, 3.63) is 29.3 Å². The Morgan fingerprint density at radius 2 is 2.21 bits per heavy atom. The minimum atomic E-state index is 0.266. The van der Waals surface area contributed by atoms with Crippen molar-refractivity contribution in [3.63, 3.8) is 0 Å². The van der Waals surface area contributed by atoms with E-state index in [4.69, 9.17) is 0 Å². The predicted molar refractivity (Wildman–Crippen MR) is 77.6 cm³/mol. The lowest BCUT2D eigenvalue weighted by molar-refractivity contribution is -0.118. The minimum Gasteiger partial charge on any atom is -0.308 e. The second-order valence-corrected chi connectivity index (χ2v) is 5.90. The molecule has 1 amide bonds. The Hall–Kier alpha value is -1.35. The number of likely N-dealkylation sites (tertiary alicyclic amines) is 1. The maximum Gasteiger partial charge on any atom is 0.226 e. The third-order valence-electron chi connectivity index (χ3n) is 4.52. The zero-order valence-corrected chi connectivity index (χ0v) is 12.0. The number of aryl methyl sites for hydroxylation is 1. The fourth-order valence-corrected chi connectivity index (χ4v) is 3.58. The highest BCUT2D eigenvalue weighted by atomic mass is 16.2. The van der Waals surface area contributed by atoms with Crippen LogP contribution in [0.2, 0.25) is 0 Å². The van der Waals surface area contributed by atoms with Gasteiger partial charge in [0.1, 0.15) is 0 Å². The number of amides is 1. The summed E-state index contributed by atoms with van der Waals surface area (Å²) in [5.41, 5.74) is 3.82. The Kier molecular flexibility index (Phi) is 3.09. The molecule has 0 N–H and O–H groups in total. The van der Waals surface area contributed by atoms with E-state index in [2.05, 4.69) is 42.0 Å².